The molecule has 3 rings (SSSR count). The van der Waals surface area contributed by atoms with E-state index in [1.54, 1.807) is 4.90 Å². The van der Waals surface area contributed by atoms with Gasteiger partial charge in [-0.2, -0.15) is 17.5 Å². The molecule has 1 saturated heterocycles. The van der Waals surface area contributed by atoms with Crippen molar-refractivity contribution in [2.75, 3.05) is 44.7 Å². The van der Waals surface area contributed by atoms with Gasteiger partial charge in [0.05, 0.1) is 17.0 Å². The van der Waals surface area contributed by atoms with Crippen molar-refractivity contribution in [1.82, 2.24) is 14.2 Å². The summed E-state index contributed by atoms with van der Waals surface area (Å²) in [5.74, 6) is 0.0302. The number of sulfonamides is 1. The molecule has 1 amide bonds. The van der Waals surface area contributed by atoms with Gasteiger partial charge in [0, 0.05) is 44.4 Å². The maximum atomic E-state index is 12.7. The highest BCUT2D eigenvalue weighted by molar-refractivity contribution is 7.89. The smallest absolute Gasteiger partial charge is 0.353 e. The van der Waals surface area contributed by atoms with Crippen molar-refractivity contribution in [2.45, 2.75) is 11.1 Å². The molecular weight excluding hydrogens is 457 g/mol. The SMILES string of the molecule is CN(CC(=O)N1CCN(c2ccc(C(F)(F)F)cn2)CC1)S(=O)(=O)c1ccc(Cl)cc1. The molecule has 168 valence electrons. The van der Waals surface area contributed by atoms with Crippen molar-refractivity contribution in [2.24, 2.45) is 0 Å². The number of hydrogen-bond donors (Lipinski definition) is 0. The van der Waals surface area contributed by atoms with E-state index in [0.29, 0.717) is 37.0 Å². The Labute approximate surface area is 183 Å². The monoisotopic (exact) mass is 476 g/mol. The summed E-state index contributed by atoms with van der Waals surface area (Å²) in [4.78, 5) is 19.8. The molecule has 1 aliphatic heterocycles. The molecule has 0 radical (unpaired) electrons. The molecule has 1 fully saturated rings. The van der Waals surface area contributed by atoms with Crippen LogP contribution in [0.4, 0.5) is 19.0 Å². The van der Waals surface area contributed by atoms with Gasteiger partial charge in [-0.25, -0.2) is 13.4 Å². The third-order valence-corrected chi connectivity index (χ3v) is 6.98. The van der Waals surface area contributed by atoms with E-state index < -0.39 is 21.8 Å². The number of aromatic nitrogens is 1. The third kappa shape index (κ3) is 5.46. The topological polar surface area (TPSA) is 73.8 Å². The zero-order chi connectivity index (χ0) is 22.8. The van der Waals surface area contributed by atoms with Crippen LogP contribution in [0.2, 0.25) is 5.02 Å². The number of nitrogens with zero attached hydrogens (tertiary/aromatic N) is 4. The molecule has 1 aliphatic rings. The minimum atomic E-state index is -4.45. The fraction of sp³-hybridized carbons (Fsp3) is 0.368. The second kappa shape index (κ2) is 9.01. The lowest BCUT2D eigenvalue weighted by molar-refractivity contribution is -0.137. The molecule has 1 aromatic heterocycles. The minimum Gasteiger partial charge on any atom is -0.353 e. The zero-order valence-corrected chi connectivity index (χ0v) is 18.1. The van der Waals surface area contributed by atoms with Crippen LogP contribution < -0.4 is 4.90 Å². The Balaban J connectivity index is 1.57. The Morgan fingerprint density at radius 2 is 1.71 bits per heavy atom. The summed E-state index contributed by atoms with van der Waals surface area (Å²) in [6.45, 7) is 1.02. The lowest BCUT2D eigenvalue weighted by Crippen LogP contribution is -2.51. The van der Waals surface area contributed by atoms with Gasteiger partial charge in [0.1, 0.15) is 5.82 Å². The summed E-state index contributed by atoms with van der Waals surface area (Å²) in [6, 6.07) is 7.92. The summed E-state index contributed by atoms with van der Waals surface area (Å²) < 4.78 is 64.2. The number of rotatable bonds is 5. The molecule has 2 aromatic rings. The van der Waals surface area contributed by atoms with E-state index in [9.17, 15) is 26.4 Å². The number of piperazine rings is 1. The number of anilines is 1. The number of amides is 1. The molecule has 0 bridgehead atoms. The van der Waals surface area contributed by atoms with Crippen molar-refractivity contribution in [3.8, 4) is 0 Å². The first-order valence-corrected chi connectivity index (χ1v) is 11.1. The highest BCUT2D eigenvalue weighted by Crippen LogP contribution is 2.29. The second-order valence-corrected chi connectivity index (χ2v) is 9.47. The van der Waals surface area contributed by atoms with Crippen molar-refractivity contribution >= 4 is 33.3 Å². The Morgan fingerprint density at radius 1 is 1.10 bits per heavy atom. The van der Waals surface area contributed by atoms with Gasteiger partial charge in [-0.05, 0) is 36.4 Å². The zero-order valence-electron chi connectivity index (χ0n) is 16.5. The molecule has 0 unspecified atom stereocenters. The van der Waals surface area contributed by atoms with Gasteiger partial charge in [-0.15, -0.1) is 0 Å². The number of likely N-dealkylation sites (N-methyl/N-ethyl adjacent to an activating group) is 1. The van der Waals surface area contributed by atoms with Crippen LogP contribution in [-0.4, -0.2) is 68.3 Å². The first-order chi connectivity index (χ1) is 14.5. The van der Waals surface area contributed by atoms with Gasteiger partial charge in [-0.3, -0.25) is 4.79 Å². The predicted octanol–water partition coefficient (Wildman–Crippen LogP) is 2.72. The van der Waals surface area contributed by atoms with Crippen LogP contribution in [0.3, 0.4) is 0 Å². The van der Waals surface area contributed by atoms with Crippen LogP contribution in [0.25, 0.3) is 0 Å². The molecule has 0 spiro atoms. The minimum absolute atomic E-state index is 0.0328. The van der Waals surface area contributed by atoms with Crippen LogP contribution in [0.5, 0.6) is 0 Å². The Hall–Kier alpha value is -2.37. The number of hydrogen-bond acceptors (Lipinski definition) is 5. The van der Waals surface area contributed by atoms with Gasteiger partial charge in [0.2, 0.25) is 15.9 Å². The number of carbonyl (C=O) groups is 1. The molecule has 31 heavy (non-hydrogen) atoms. The highest BCUT2D eigenvalue weighted by Gasteiger charge is 2.31. The molecule has 2 heterocycles. The fourth-order valence-corrected chi connectivity index (χ4v) is 4.33. The van der Waals surface area contributed by atoms with Crippen LogP contribution in [-0.2, 0) is 21.0 Å². The van der Waals surface area contributed by atoms with E-state index in [1.807, 2.05) is 0 Å². The first kappa shape index (κ1) is 23.3. The number of halogens is 4. The Kier molecular flexibility index (Phi) is 6.77. The highest BCUT2D eigenvalue weighted by atomic mass is 35.5. The van der Waals surface area contributed by atoms with E-state index in [-0.39, 0.29) is 17.3 Å². The van der Waals surface area contributed by atoms with Crippen LogP contribution in [0, 0.1) is 0 Å². The third-order valence-electron chi connectivity index (χ3n) is 4.91. The molecule has 0 atom stereocenters. The molecule has 7 nitrogen and oxygen atoms in total. The summed E-state index contributed by atoms with van der Waals surface area (Å²) >= 11 is 5.78. The molecule has 1 aromatic carbocycles. The second-order valence-electron chi connectivity index (χ2n) is 6.99. The van der Waals surface area contributed by atoms with E-state index in [0.717, 1.165) is 16.6 Å². The fourth-order valence-electron chi connectivity index (χ4n) is 3.09. The first-order valence-electron chi connectivity index (χ1n) is 9.26. The number of benzene rings is 1. The van der Waals surface area contributed by atoms with Gasteiger partial charge >= 0.3 is 6.18 Å². The van der Waals surface area contributed by atoms with Crippen molar-refractivity contribution in [3.05, 3.63) is 53.2 Å². The lowest BCUT2D eigenvalue weighted by atomic mass is 10.2. The van der Waals surface area contributed by atoms with Crippen LogP contribution in [0.1, 0.15) is 5.56 Å². The number of alkyl halides is 3. The van der Waals surface area contributed by atoms with Crippen molar-refractivity contribution in [3.63, 3.8) is 0 Å². The molecule has 0 N–H and O–H groups in total. The van der Waals surface area contributed by atoms with Gasteiger partial charge in [-0.1, -0.05) is 11.6 Å². The quantitative estimate of drug-likeness (QED) is 0.663. The van der Waals surface area contributed by atoms with Crippen LogP contribution in [0.15, 0.2) is 47.5 Å². The van der Waals surface area contributed by atoms with Crippen molar-refractivity contribution < 1.29 is 26.4 Å². The Morgan fingerprint density at radius 3 is 2.23 bits per heavy atom. The summed E-state index contributed by atoms with van der Waals surface area (Å²) in [5, 5.41) is 0.401. The van der Waals surface area contributed by atoms with Gasteiger partial charge in [0.25, 0.3) is 0 Å². The van der Waals surface area contributed by atoms with E-state index in [1.165, 1.54) is 42.3 Å². The summed E-state index contributed by atoms with van der Waals surface area (Å²) in [5.41, 5.74) is -0.824. The predicted molar refractivity (Wildman–Crippen MR) is 109 cm³/mol. The normalized spacial score (nSPS) is 15.4. The molecule has 0 saturated carbocycles. The van der Waals surface area contributed by atoms with E-state index in [2.05, 4.69) is 4.98 Å². The number of pyridine rings is 1. The summed E-state index contributed by atoms with van der Waals surface area (Å²) in [7, 11) is -2.52. The maximum absolute atomic E-state index is 12.7. The molecule has 0 aliphatic carbocycles. The molecule has 12 heteroatoms. The van der Waals surface area contributed by atoms with Gasteiger partial charge in [0.15, 0.2) is 0 Å². The average Bonchev–Trinajstić information content (AvgIpc) is 2.73. The Bertz CT molecular complexity index is 1020. The maximum Gasteiger partial charge on any atom is 0.417 e. The van der Waals surface area contributed by atoms with E-state index in [4.69, 9.17) is 11.6 Å². The van der Waals surface area contributed by atoms with Gasteiger partial charge < -0.3 is 9.80 Å². The molecular formula is C19H20ClF3N4O3S. The largest absolute Gasteiger partial charge is 0.417 e. The van der Waals surface area contributed by atoms with E-state index >= 15 is 0 Å². The standard InChI is InChI=1S/C19H20ClF3N4O3S/c1-25(31(29,30)16-5-3-15(20)4-6-16)13-18(28)27-10-8-26(9-11-27)17-7-2-14(12-24-17)19(21,22)23/h2-7,12H,8-11,13H2,1H3. The average molecular weight is 477 g/mol. The lowest BCUT2D eigenvalue weighted by Gasteiger charge is -2.36. The van der Waals surface area contributed by atoms with Crippen molar-refractivity contribution in [1.29, 1.82) is 0 Å². The van der Waals surface area contributed by atoms with Crippen LogP contribution >= 0.6 is 11.6 Å². The number of carbonyl (C=O) groups excluding carboxylic acids is 1. The summed E-state index contributed by atoms with van der Waals surface area (Å²) in [6.07, 6.45) is -3.67.